The number of rotatable bonds is 5. The zero-order valence-corrected chi connectivity index (χ0v) is 11.8. The van der Waals surface area contributed by atoms with Gasteiger partial charge in [0.25, 0.3) is 0 Å². The number of nitrogens with two attached hydrogens (primary N) is 1. The van der Waals surface area contributed by atoms with E-state index in [0.29, 0.717) is 12.3 Å². The summed E-state index contributed by atoms with van der Waals surface area (Å²) in [5.74, 6) is 0.773. The van der Waals surface area contributed by atoms with E-state index >= 15 is 0 Å². The molecule has 1 aliphatic heterocycles. The number of carbonyl (C=O) groups excluding carboxylic acids is 1. The maximum atomic E-state index is 11.6. The van der Waals surface area contributed by atoms with Gasteiger partial charge in [-0.25, -0.2) is 0 Å². The first-order valence-corrected chi connectivity index (χ1v) is 6.95. The average Bonchev–Trinajstić information content (AvgIpc) is 2.41. The van der Waals surface area contributed by atoms with Crippen molar-refractivity contribution in [2.24, 2.45) is 11.7 Å². The van der Waals surface area contributed by atoms with Crippen LogP contribution in [0.15, 0.2) is 18.2 Å². The van der Waals surface area contributed by atoms with E-state index in [4.69, 9.17) is 5.73 Å². The molecule has 1 atom stereocenters. The number of aryl methyl sites for hydroxylation is 1. The lowest BCUT2D eigenvalue weighted by molar-refractivity contribution is -0.118. The highest BCUT2D eigenvalue weighted by atomic mass is 16.2. The van der Waals surface area contributed by atoms with Gasteiger partial charge in [-0.15, -0.1) is 0 Å². The summed E-state index contributed by atoms with van der Waals surface area (Å²) >= 11 is 0. The van der Waals surface area contributed by atoms with Crippen LogP contribution < -0.4 is 16.0 Å². The summed E-state index contributed by atoms with van der Waals surface area (Å²) in [5, 5.41) is 3.45. The van der Waals surface area contributed by atoms with E-state index < -0.39 is 0 Å². The van der Waals surface area contributed by atoms with E-state index in [9.17, 15) is 4.79 Å². The summed E-state index contributed by atoms with van der Waals surface area (Å²) in [6, 6.07) is 6.23. The van der Waals surface area contributed by atoms with Crippen molar-refractivity contribution in [1.82, 2.24) is 0 Å². The molecule has 0 radical (unpaired) electrons. The number of nitrogens with zero attached hydrogens (tertiary/aromatic N) is 1. The highest BCUT2D eigenvalue weighted by Crippen LogP contribution is 2.29. The third kappa shape index (κ3) is 3.26. The van der Waals surface area contributed by atoms with Crippen molar-refractivity contribution >= 4 is 17.3 Å². The van der Waals surface area contributed by atoms with Crippen LogP contribution in [-0.2, 0) is 11.2 Å². The fraction of sp³-hybridized carbons (Fsp3) is 0.533. The lowest BCUT2D eigenvalue weighted by Gasteiger charge is -2.26. The number of nitrogens with one attached hydrogen (secondary N) is 1. The van der Waals surface area contributed by atoms with Crippen LogP contribution >= 0.6 is 0 Å². The van der Waals surface area contributed by atoms with Gasteiger partial charge in [0.2, 0.25) is 5.91 Å². The molecule has 4 nitrogen and oxygen atoms in total. The Labute approximate surface area is 115 Å². The Hall–Kier alpha value is -1.55. The molecule has 104 valence electrons. The maximum absolute atomic E-state index is 11.6. The number of hydrogen-bond donors (Lipinski definition) is 2. The van der Waals surface area contributed by atoms with Gasteiger partial charge < -0.3 is 16.0 Å². The van der Waals surface area contributed by atoms with Crippen LogP contribution in [0.2, 0.25) is 0 Å². The first-order valence-electron chi connectivity index (χ1n) is 6.95. The molecule has 1 amide bonds. The Kier molecular flexibility index (Phi) is 4.43. The Balaban J connectivity index is 2.03. The number of carbonyl (C=O) groups is 1. The molecule has 0 aliphatic carbocycles. The van der Waals surface area contributed by atoms with Crippen molar-refractivity contribution in [2.75, 3.05) is 30.4 Å². The van der Waals surface area contributed by atoms with E-state index in [1.807, 2.05) is 19.2 Å². The summed E-state index contributed by atoms with van der Waals surface area (Å²) in [6.07, 6.45) is 2.48. The van der Waals surface area contributed by atoms with Crippen molar-refractivity contribution in [1.29, 1.82) is 0 Å². The minimum Gasteiger partial charge on any atom is -0.385 e. The Morgan fingerprint density at radius 3 is 2.95 bits per heavy atom. The predicted octanol–water partition coefficient (Wildman–Crippen LogP) is 1.99. The second-order valence-corrected chi connectivity index (χ2v) is 5.36. The van der Waals surface area contributed by atoms with E-state index in [1.54, 1.807) is 4.90 Å². The molecule has 3 N–H and O–H groups in total. The summed E-state index contributed by atoms with van der Waals surface area (Å²) in [5.41, 5.74) is 8.97. The zero-order chi connectivity index (χ0) is 13.8. The standard InChI is InChI=1S/C15H23N3O/c1-11(7-8-16)10-17-13-4-5-14-12(9-13)3-6-15(19)18(14)2/h4-5,9,11,17H,3,6-8,10,16H2,1-2H3. The van der Waals surface area contributed by atoms with E-state index in [-0.39, 0.29) is 5.91 Å². The molecule has 1 aromatic rings. The van der Waals surface area contributed by atoms with Crippen LogP contribution in [0, 0.1) is 5.92 Å². The molecule has 0 bridgehead atoms. The fourth-order valence-corrected chi connectivity index (χ4v) is 2.45. The topological polar surface area (TPSA) is 58.4 Å². The van der Waals surface area contributed by atoms with Gasteiger partial charge in [-0.05, 0) is 49.1 Å². The van der Waals surface area contributed by atoms with Gasteiger partial charge in [-0.3, -0.25) is 4.79 Å². The highest BCUT2D eigenvalue weighted by molar-refractivity contribution is 5.96. The Morgan fingerprint density at radius 2 is 2.21 bits per heavy atom. The fourth-order valence-electron chi connectivity index (χ4n) is 2.45. The molecule has 19 heavy (non-hydrogen) atoms. The third-order valence-corrected chi connectivity index (χ3v) is 3.74. The normalized spacial score (nSPS) is 16.2. The third-order valence-electron chi connectivity index (χ3n) is 3.74. The van der Waals surface area contributed by atoms with Crippen molar-refractivity contribution in [3.8, 4) is 0 Å². The van der Waals surface area contributed by atoms with Crippen molar-refractivity contribution < 1.29 is 4.79 Å². The highest BCUT2D eigenvalue weighted by Gasteiger charge is 2.20. The minimum absolute atomic E-state index is 0.199. The van der Waals surface area contributed by atoms with Gasteiger partial charge >= 0.3 is 0 Å². The molecule has 2 rings (SSSR count). The van der Waals surface area contributed by atoms with Gasteiger partial charge in [-0.2, -0.15) is 0 Å². The Bertz CT molecular complexity index is 459. The molecule has 4 heteroatoms. The lowest BCUT2D eigenvalue weighted by Crippen LogP contribution is -2.31. The Morgan fingerprint density at radius 1 is 1.42 bits per heavy atom. The smallest absolute Gasteiger partial charge is 0.227 e. The van der Waals surface area contributed by atoms with Crippen LogP contribution in [0.1, 0.15) is 25.3 Å². The number of amides is 1. The number of benzene rings is 1. The van der Waals surface area contributed by atoms with Crippen LogP contribution in [0.25, 0.3) is 0 Å². The summed E-state index contributed by atoms with van der Waals surface area (Å²) in [4.78, 5) is 13.4. The number of anilines is 2. The average molecular weight is 261 g/mol. The van der Waals surface area contributed by atoms with Gasteiger partial charge in [0.15, 0.2) is 0 Å². The van der Waals surface area contributed by atoms with E-state index in [0.717, 1.165) is 37.3 Å². The first kappa shape index (κ1) is 13.9. The molecule has 0 fully saturated rings. The van der Waals surface area contributed by atoms with Gasteiger partial charge in [0, 0.05) is 31.4 Å². The second-order valence-electron chi connectivity index (χ2n) is 5.36. The predicted molar refractivity (Wildman–Crippen MR) is 79.5 cm³/mol. The summed E-state index contributed by atoms with van der Waals surface area (Å²) < 4.78 is 0. The molecule has 1 heterocycles. The van der Waals surface area contributed by atoms with Gasteiger partial charge in [-0.1, -0.05) is 6.92 Å². The van der Waals surface area contributed by atoms with Crippen LogP contribution in [0.4, 0.5) is 11.4 Å². The van der Waals surface area contributed by atoms with Crippen molar-refractivity contribution in [3.63, 3.8) is 0 Å². The molecule has 1 aliphatic rings. The molecular weight excluding hydrogens is 238 g/mol. The molecule has 0 saturated carbocycles. The van der Waals surface area contributed by atoms with E-state index in [2.05, 4.69) is 18.3 Å². The van der Waals surface area contributed by atoms with Gasteiger partial charge in [0.05, 0.1) is 0 Å². The van der Waals surface area contributed by atoms with Gasteiger partial charge in [0.1, 0.15) is 0 Å². The van der Waals surface area contributed by atoms with Crippen LogP contribution in [-0.4, -0.2) is 26.0 Å². The molecule has 1 unspecified atom stereocenters. The quantitative estimate of drug-likeness (QED) is 0.852. The monoisotopic (exact) mass is 261 g/mol. The summed E-state index contributed by atoms with van der Waals surface area (Å²) in [7, 11) is 1.84. The van der Waals surface area contributed by atoms with Crippen molar-refractivity contribution in [3.05, 3.63) is 23.8 Å². The maximum Gasteiger partial charge on any atom is 0.227 e. The van der Waals surface area contributed by atoms with Crippen molar-refractivity contribution in [2.45, 2.75) is 26.2 Å². The number of fused-ring (bicyclic) bond motifs is 1. The first-order chi connectivity index (χ1) is 9.11. The molecule has 0 spiro atoms. The largest absolute Gasteiger partial charge is 0.385 e. The van der Waals surface area contributed by atoms with Crippen LogP contribution in [0.3, 0.4) is 0 Å². The number of hydrogen-bond acceptors (Lipinski definition) is 3. The van der Waals surface area contributed by atoms with E-state index in [1.165, 1.54) is 5.56 Å². The lowest BCUT2D eigenvalue weighted by atomic mass is 10.0. The molecule has 0 saturated heterocycles. The SMILES string of the molecule is CC(CCN)CNc1ccc2c(c1)CCC(=O)N2C. The van der Waals surface area contributed by atoms with Crippen LogP contribution in [0.5, 0.6) is 0 Å². The molecular formula is C15H23N3O. The minimum atomic E-state index is 0.199. The zero-order valence-electron chi connectivity index (χ0n) is 11.8. The molecule has 0 aromatic heterocycles. The molecule has 1 aromatic carbocycles. The summed E-state index contributed by atoms with van der Waals surface area (Å²) in [6.45, 7) is 3.87. The second kappa shape index (κ2) is 6.06.